The quantitative estimate of drug-likeness (QED) is 0.530. The fourth-order valence-corrected chi connectivity index (χ4v) is 2.34. The highest BCUT2D eigenvalue weighted by atomic mass is 19.4. The van der Waals surface area contributed by atoms with Gasteiger partial charge in [0.15, 0.2) is 0 Å². The van der Waals surface area contributed by atoms with Gasteiger partial charge in [-0.3, -0.25) is 4.79 Å². The van der Waals surface area contributed by atoms with Crippen molar-refractivity contribution in [3.63, 3.8) is 0 Å². The number of ether oxygens (including phenoxy) is 2. The predicted molar refractivity (Wildman–Crippen MR) is 68.2 cm³/mol. The molecule has 0 atom stereocenters. The first-order chi connectivity index (χ1) is 9.42. The van der Waals surface area contributed by atoms with Gasteiger partial charge in [0.05, 0.1) is 12.5 Å². The van der Waals surface area contributed by atoms with Crippen molar-refractivity contribution in [2.24, 2.45) is 11.8 Å². The van der Waals surface area contributed by atoms with Crippen LogP contribution >= 0.6 is 0 Å². The third-order valence-electron chi connectivity index (χ3n) is 3.54. The van der Waals surface area contributed by atoms with Gasteiger partial charge in [0, 0.05) is 6.61 Å². The largest absolute Gasteiger partial charge is 0.465 e. The molecule has 0 aromatic carbocycles. The maximum atomic E-state index is 11.9. The van der Waals surface area contributed by atoms with Crippen molar-refractivity contribution >= 4 is 5.97 Å². The van der Waals surface area contributed by atoms with Gasteiger partial charge in [-0.2, -0.15) is 13.2 Å². The molecule has 0 radical (unpaired) electrons. The van der Waals surface area contributed by atoms with Crippen molar-refractivity contribution in [2.75, 3.05) is 19.8 Å². The molecule has 1 aliphatic rings. The number of hydrogen-bond acceptors (Lipinski definition) is 3. The molecular weight excluding hydrogens is 273 g/mol. The number of carbonyl (C=O) groups excluding carboxylic acids is 1. The molecule has 6 heteroatoms. The Bertz CT molecular complexity index is 284. The topological polar surface area (TPSA) is 35.5 Å². The van der Waals surface area contributed by atoms with Crippen LogP contribution in [0.3, 0.4) is 0 Å². The van der Waals surface area contributed by atoms with Crippen LogP contribution in [-0.4, -0.2) is 32.0 Å². The van der Waals surface area contributed by atoms with Crippen molar-refractivity contribution in [3.8, 4) is 0 Å². The van der Waals surface area contributed by atoms with Gasteiger partial charge in [-0.25, -0.2) is 0 Å². The number of esters is 1. The molecule has 3 nitrogen and oxygen atoms in total. The van der Waals surface area contributed by atoms with Crippen LogP contribution in [-0.2, 0) is 14.3 Å². The third kappa shape index (κ3) is 7.12. The maximum absolute atomic E-state index is 11.9. The minimum atomic E-state index is -4.26. The van der Waals surface area contributed by atoms with E-state index < -0.39 is 12.8 Å². The summed E-state index contributed by atoms with van der Waals surface area (Å²) in [5, 5.41) is 0. The minimum Gasteiger partial charge on any atom is -0.465 e. The summed E-state index contributed by atoms with van der Waals surface area (Å²) in [6.45, 7) is 1.42. The Morgan fingerprint density at radius 1 is 1.20 bits per heavy atom. The molecule has 0 aliphatic heterocycles. The van der Waals surface area contributed by atoms with E-state index >= 15 is 0 Å². The molecule has 0 bridgehead atoms. The van der Waals surface area contributed by atoms with Crippen molar-refractivity contribution in [1.29, 1.82) is 0 Å². The molecule has 0 N–H and O–H groups in total. The van der Waals surface area contributed by atoms with E-state index in [1.807, 2.05) is 6.92 Å². The zero-order valence-electron chi connectivity index (χ0n) is 11.9. The van der Waals surface area contributed by atoms with Gasteiger partial charge in [-0.15, -0.1) is 0 Å². The Morgan fingerprint density at radius 2 is 1.85 bits per heavy atom. The smallest absolute Gasteiger partial charge is 0.411 e. The van der Waals surface area contributed by atoms with E-state index in [0.717, 1.165) is 25.7 Å². The predicted octanol–water partition coefficient (Wildman–Crippen LogP) is 3.72. The summed E-state index contributed by atoms with van der Waals surface area (Å²) < 4.78 is 45.7. The molecule has 1 rings (SSSR count). The standard InChI is InChI=1S/C14H23F3O3/c1-2-3-8-20-13(18)12-6-4-11(5-7-12)9-19-10-14(15,16)17/h11-12H,2-10H2,1H3. The zero-order chi connectivity index (χ0) is 15.0. The average molecular weight is 296 g/mol. The summed E-state index contributed by atoms with van der Waals surface area (Å²) in [5.74, 6) is -0.129. The number of halogens is 3. The summed E-state index contributed by atoms with van der Waals surface area (Å²) >= 11 is 0. The van der Waals surface area contributed by atoms with Crippen molar-refractivity contribution in [3.05, 3.63) is 0 Å². The lowest BCUT2D eigenvalue weighted by Crippen LogP contribution is -2.27. The second-order valence-electron chi connectivity index (χ2n) is 5.37. The molecule has 1 fully saturated rings. The van der Waals surface area contributed by atoms with E-state index in [9.17, 15) is 18.0 Å². The number of carbonyl (C=O) groups is 1. The normalized spacial score (nSPS) is 23.6. The number of unbranched alkanes of at least 4 members (excludes halogenated alkanes) is 1. The van der Waals surface area contributed by atoms with E-state index in [0.29, 0.717) is 19.4 Å². The molecular formula is C14H23F3O3. The van der Waals surface area contributed by atoms with Crippen LogP contribution in [0.4, 0.5) is 13.2 Å². The van der Waals surface area contributed by atoms with Crippen molar-refractivity contribution in [1.82, 2.24) is 0 Å². The number of rotatable bonds is 7. The molecule has 0 amide bonds. The van der Waals surface area contributed by atoms with E-state index in [1.165, 1.54) is 0 Å². The average Bonchev–Trinajstić information content (AvgIpc) is 2.38. The Kier molecular flexibility index (Phi) is 7.34. The van der Waals surface area contributed by atoms with Crippen LogP contribution in [0.1, 0.15) is 45.4 Å². The molecule has 0 spiro atoms. The molecule has 20 heavy (non-hydrogen) atoms. The molecule has 0 unspecified atom stereocenters. The summed E-state index contributed by atoms with van der Waals surface area (Å²) in [6, 6.07) is 0. The molecule has 0 heterocycles. The fourth-order valence-electron chi connectivity index (χ4n) is 2.34. The Morgan fingerprint density at radius 3 is 2.40 bits per heavy atom. The van der Waals surface area contributed by atoms with Gasteiger partial charge in [0.1, 0.15) is 6.61 Å². The first kappa shape index (κ1) is 17.3. The second kappa shape index (κ2) is 8.49. The lowest BCUT2D eigenvalue weighted by molar-refractivity contribution is -0.177. The van der Waals surface area contributed by atoms with Crippen LogP contribution in [0.5, 0.6) is 0 Å². The molecule has 0 aromatic rings. The molecule has 118 valence electrons. The molecule has 1 aliphatic carbocycles. The van der Waals surface area contributed by atoms with Crippen LogP contribution in [0.15, 0.2) is 0 Å². The first-order valence-electron chi connectivity index (χ1n) is 7.23. The van der Waals surface area contributed by atoms with Gasteiger partial charge in [0.25, 0.3) is 0 Å². The summed E-state index contributed by atoms with van der Waals surface area (Å²) in [7, 11) is 0. The summed E-state index contributed by atoms with van der Waals surface area (Å²) in [5.41, 5.74) is 0. The van der Waals surface area contributed by atoms with Crippen molar-refractivity contribution in [2.45, 2.75) is 51.6 Å². The summed E-state index contributed by atoms with van der Waals surface area (Å²) in [4.78, 5) is 11.7. The van der Waals surface area contributed by atoms with Crippen molar-refractivity contribution < 1.29 is 27.4 Å². The lowest BCUT2D eigenvalue weighted by Gasteiger charge is -2.27. The van der Waals surface area contributed by atoms with Crippen LogP contribution in [0, 0.1) is 11.8 Å². The maximum Gasteiger partial charge on any atom is 0.411 e. The molecule has 1 saturated carbocycles. The highest BCUT2D eigenvalue weighted by molar-refractivity contribution is 5.72. The lowest BCUT2D eigenvalue weighted by atomic mass is 9.82. The second-order valence-corrected chi connectivity index (χ2v) is 5.37. The Labute approximate surface area is 117 Å². The van der Waals surface area contributed by atoms with Gasteiger partial charge in [0.2, 0.25) is 0 Å². The molecule has 0 aromatic heterocycles. The van der Waals surface area contributed by atoms with Crippen LogP contribution < -0.4 is 0 Å². The molecule has 0 saturated heterocycles. The Hall–Kier alpha value is -0.780. The Balaban J connectivity index is 2.14. The van der Waals surface area contributed by atoms with E-state index in [-0.39, 0.29) is 24.4 Å². The van der Waals surface area contributed by atoms with E-state index in [1.54, 1.807) is 0 Å². The van der Waals surface area contributed by atoms with Gasteiger partial charge < -0.3 is 9.47 Å². The summed E-state index contributed by atoms with van der Waals surface area (Å²) in [6.07, 6.45) is 0.413. The fraction of sp³-hybridized carbons (Fsp3) is 0.929. The monoisotopic (exact) mass is 296 g/mol. The van der Waals surface area contributed by atoms with E-state index in [2.05, 4.69) is 4.74 Å². The zero-order valence-corrected chi connectivity index (χ0v) is 11.9. The third-order valence-corrected chi connectivity index (χ3v) is 3.54. The van der Waals surface area contributed by atoms with Crippen LogP contribution in [0.25, 0.3) is 0 Å². The van der Waals surface area contributed by atoms with E-state index in [4.69, 9.17) is 4.74 Å². The van der Waals surface area contributed by atoms with Gasteiger partial charge in [-0.1, -0.05) is 13.3 Å². The minimum absolute atomic E-state index is 0.0919. The van der Waals surface area contributed by atoms with Gasteiger partial charge >= 0.3 is 12.1 Å². The number of alkyl halides is 3. The van der Waals surface area contributed by atoms with Gasteiger partial charge in [-0.05, 0) is 38.0 Å². The number of hydrogen-bond donors (Lipinski definition) is 0. The van der Waals surface area contributed by atoms with Crippen LogP contribution in [0.2, 0.25) is 0 Å². The first-order valence-corrected chi connectivity index (χ1v) is 7.23. The SMILES string of the molecule is CCCCOC(=O)C1CCC(COCC(F)(F)F)CC1. The highest BCUT2D eigenvalue weighted by Crippen LogP contribution is 2.30. The highest BCUT2D eigenvalue weighted by Gasteiger charge is 2.30.